The van der Waals surface area contributed by atoms with Crippen molar-refractivity contribution in [2.75, 3.05) is 37.9 Å². The van der Waals surface area contributed by atoms with E-state index in [-0.39, 0.29) is 17.3 Å². The standard InChI is InChI=1S/C33H40O7S/c1-4-38-31(34)17-33(21-37-22-33)28-8-10-29(11-9-28)39-18-25-6-5-7-27(16-25)32-23(2)14-30(15-24(32)3)40-19-26-12-13-41(35,36)20-26/h5-11,14-16,26,35-36H,4,12-13,17-22H2,1-3H3. The van der Waals surface area contributed by atoms with Crippen molar-refractivity contribution >= 4 is 16.6 Å². The SMILES string of the molecule is CCOC(=O)CC1(c2ccc(OCc3cccc(-c4c(C)cc(OCC5CCS(O)(O)C5)cc4C)c3)cc2)COC1. The topological polar surface area (TPSA) is 94.5 Å². The third kappa shape index (κ3) is 7.07. The van der Waals surface area contributed by atoms with E-state index in [4.69, 9.17) is 18.9 Å². The summed E-state index contributed by atoms with van der Waals surface area (Å²) in [4.78, 5) is 12.1. The van der Waals surface area contributed by atoms with Gasteiger partial charge in [-0.15, -0.1) is 0 Å². The minimum absolute atomic E-state index is 0.186. The molecule has 5 rings (SSSR count). The van der Waals surface area contributed by atoms with E-state index in [1.165, 1.54) is 5.56 Å². The molecule has 2 N–H and O–H groups in total. The average Bonchev–Trinajstić information content (AvgIpc) is 3.27. The first-order chi connectivity index (χ1) is 19.7. The van der Waals surface area contributed by atoms with E-state index >= 15 is 0 Å². The highest BCUT2D eigenvalue weighted by Crippen LogP contribution is 2.48. The van der Waals surface area contributed by atoms with E-state index in [0.717, 1.165) is 45.7 Å². The van der Waals surface area contributed by atoms with Crippen LogP contribution in [0.3, 0.4) is 0 Å². The zero-order valence-electron chi connectivity index (χ0n) is 24.1. The molecule has 3 aromatic carbocycles. The van der Waals surface area contributed by atoms with Crippen molar-refractivity contribution in [3.05, 3.63) is 82.9 Å². The van der Waals surface area contributed by atoms with Gasteiger partial charge in [0.25, 0.3) is 0 Å². The molecule has 0 spiro atoms. The third-order valence-corrected chi connectivity index (χ3v) is 9.87. The van der Waals surface area contributed by atoms with E-state index in [1.807, 2.05) is 31.2 Å². The first-order valence-corrected chi connectivity index (χ1v) is 16.1. The van der Waals surface area contributed by atoms with Crippen LogP contribution in [0.2, 0.25) is 0 Å². The molecule has 0 saturated carbocycles. The fourth-order valence-corrected chi connectivity index (χ4v) is 7.70. The highest BCUT2D eigenvalue weighted by atomic mass is 32.3. The summed E-state index contributed by atoms with van der Waals surface area (Å²) in [7, 11) is -2.41. The molecular formula is C33H40O7S. The zero-order chi connectivity index (χ0) is 29.0. The first-order valence-electron chi connectivity index (χ1n) is 14.2. The minimum atomic E-state index is -2.41. The molecule has 2 aliphatic heterocycles. The maximum atomic E-state index is 12.1. The molecule has 1 unspecified atom stereocenters. The number of hydrogen-bond donors (Lipinski definition) is 2. The molecule has 2 heterocycles. The predicted molar refractivity (Wildman–Crippen MR) is 162 cm³/mol. The fraction of sp³-hybridized carbons (Fsp3) is 0.424. The lowest BCUT2D eigenvalue weighted by Gasteiger charge is -2.41. The summed E-state index contributed by atoms with van der Waals surface area (Å²) in [5.74, 6) is 2.49. The number of carbonyl (C=O) groups is 1. The Labute approximate surface area is 244 Å². The molecule has 1 atom stereocenters. The fourth-order valence-electron chi connectivity index (χ4n) is 5.80. The number of aryl methyl sites for hydroxylation is 2. The zero-order valence-corrected chi connectivity index (χ0v) is 24.9. The highest BCUT2D eigenvalue weighted by molar-refractivity contribution is 8.24. The quantitative estimate of drug-likeness (QED) is 0.238. The highest BCUT2D eigenvalue weighted by Gasteiger charge is 2.42. The van der Waals surface area contributed by atoms with Gasteiger partial charge in [-0.1, -0.05) is 30.3 Å². The van der Waals surface area contributed by atoms with Crippen LogP contribution in [-0.2, 0) is 26.3 Å². The predicted octanol–water partition coefficient (Wildman–Crippen LogP) is 6.92. The molecule has 2 saturated heterocycles. The Balaban J connectivity index is 1.21. The Kier molecular flexibility index (Phi) is 8.94. The van der Waals surface area contributed by atoms with Gasteiger partial charge in [0, 0.05) is 17.4 Å². The summed E-state index contributed by atoms with van der Waals surface area (Å²) in [5.41, 5.74) is 6.35. The minimum Gasteiger partial charge on any atom is -0.493 e. The number of hydrogen-bond acceptors (Lipinski definition) is 7. The summed E-state index contributed by atoms with van der Waals surface area (Å²) >= 11 is 0. The van der Waals surface area contributed by atoms with Crippen molar-refractivity contribution in [1.82, 2.24) is 0 Å². The molecule has 3 aromatic rings. The van der Waals surface area contributed by atoms with Crippen LogP contribution in [0.4, 0.5) is 0 Å². The summed E-state index contributed by atoms with van der Waals surface area (Å²) in [6.45, 7) is 8.34. The molecule has 0 bridgehead atoms. The monoisotopic (exact) mass is 580 g/mol. The maximum Gasteiger partial charge on any atom is 0.306 e. The molecule has 41 heavy (non-hydrogen) atoms. The smallest absolute Gasteiger partial charge is 0.306 e. The van der Waals surface area contributed by atoms with Gasteiger partial charge in [-0.25, -0.2) is 0 Å². The Morgan fingerprint density at radius 3 is 2.34 bits per heavy atom. The van der Waals surface area contributed by atoms with Gasteiger partial charge in [-0.05, 0) is 90.9 Å². The molecule has 2 fully saturated rings. The van der Waals surface area contributed by atoms with Gasteiger partial charge in [-0.3, -0.25) is 13.9 Å². The van der Waals surface area contributed by atoms with Crippen LogP contribution in [0.1, 0.15) is 42.0 Å². The van der Waals surface area contributed by atoms with Crippen LogP contribution >= 0.6 is 10.6 Å². The summed E-state index contributed by atoms with van der Waals surface area (Å²) in [5, 5.41) is 0. The lowest BCUT2D eigenvalue weighted by Crippen LogP contribution is -2.48. The Morgan fingerprint density at radius 2 is 1.73 bits per heavy atom. The van der Waals surface area contributed by atoms with Crippen LogP contribution < -0.4 is 9.47 Å². The Morgan fingerprint density at radius 1 is 1.00 bits per heavy atom. The Bertz CT molecular complexity index is 1340. The molecular weight excluding hydrogens is 540 g/mol. The van der Waals surface area contributed by atoms with E-state index in [9.17, 15) is 13.9 Å². The maximum absolute atomic E-state index is 12.1. The number of benzene rings is 3. The lowest BCUT2D eigenvalue weighted by atomic mass is 9.76. The second-order valence-corrected chi connectivity index (χ2v) is 13.7. The van der Waals surface area contributed by atoms with Crippen LogP contribution in [0.25, 0.3) is 11.1 Å². The molecule has 0 aromatic heterocycles. The van der Waals surface area contributed by atoms with E-state index in [1.54, 1.807) is 0 Å². The normalized spacial score (nSPS) is 19.7. The largest absolute Gasteiger partial charge is 0.493 e. The van der Waals surface area contributed by atoms with Crippen LogP contribution in [0.15, 0.2) is 60.7 Å². The summed E-state index contributed by atoms with van der Waals surface area (Å²) in [6.07, 6.45) is 1.11. The van der Waals surface area contributed by atoms with E-state index in [0.29, 0.717) is 51.0 Å². The van der Waals surface area contributed by atoms with Crippen molar-refractivity contribution in [1.29, 1.82) is 0 Å². The van der Waals surface area contributed by atoms with Gasteiger partial charge in [0.1, 0.15) is 18.1 Å². The number of esters is 1. The van der Waals surface area contributed by atoms with Crippen LogP contribution in [-0.4, -0.2) is 53.0 Å². The molecule has 7 nitrogen and oxygen atoms in total. The van der Waals surface area contributed by atoms with E-state index in [2.05, 4.69) is 50.2 Å². The van der Waals surface area contributed by atoms with E-state index < -0.39 is 10.6 Å². The van der Waals surface area contributed by atoms with Gasteiger partial charge < -0.3 is 18.9 Å². The average molecular weight is 581 g/mol. The van der Waals surface area contributed by atoms with Crippen molar-refractivity contribution in [3.8, 4) is 22.6 Å². The Hall–Kier alpha value is -3.04. The van der Waals surface area contributed by atoms with Gasteiger partial charge in [0.15, 0.2) is 0 Å². The lowest BCUT2D eigenvalue weighted by molar-refractivity contribution is -0.151. The van der Waals surface area contributed by atoms with Gasteiger partial charge in [0.05, 0.1) is 38.3 Å². The number of carbonyl (C=O) groups excluding carboxylic acids is 1. The second kappa shape index (κ2) is 12.4. The van der Waals surface area contributed by atoms with Gasteiger partial charge >= 0.3 is 5.97 Å². The van der Waals surface area contributed by atoms with Crippen molar-refractivity contribution < 1.29 is 32.8 Å². The van der Waals surface area contributed by atoms with Crippen LogP contribution in [0, 0.1) is 19.8 Å². The third-order valence-electron chi connectivity index (χ3n) is 7.98. The summed E-state index contributed by atoms with van der Waals surface area (Å²) in [6, 6.07) is 20.4. The second-order valence-electron chi connectivity index (χ2n) is 11.3. The molecule has 2 aliphatic rings. The summed E-state index contributed by atoms with van der Waals surface area (Å²) < 4.78 is 42.6. The number of ether oxygens (including phenoxy) is 4. The molecule has 0 radical (unpaired) electrons. The van der Waals surface area contributed by atoms with Crippen molar-refractivity contribution in [2.24, 2.45) is 5.92 Å². The van der Waals surface area contributed by atoms with Crippen molar-refractivity contribution in [2.45, 2.75) is 45.6 Å². The van der Waals surface area contributed by atoms with Crippen molar-refractivity contribution in [3.63, 3.8) is 0 Å². The molecule has 0 aliphatic carbocycles. The molecule has 8 heteroatoms. The number of rotatable bonds is 11. The van der Waals surface area contributed by atoms with Crippen LogP contribution in [0.5, 0.6) is 11.5 Å². The molecule has 220 valence electrons. The van der Waals surface area contributed by atoms with Gasteiger partial charge in [0.2, 0.25) is 0 Å². The molecule has 0 amide bonds. The first kappa shape index (κ1) is 29.5. The van der Waals surface area contributed by atoms with Gasteiger partial charge in [-0.2, -0.15) is 10.6 Å².